The van der Waals surface area contributed by atoms with Gasteiger partial charge in [-0.05, 0) is 103 Å². The molecule has 7 aromatic rings. The molecule has 56 heavy (non-hydrogen) atoms. The number of nitrogens with zero attached hydrogens (tertiary/aromatic N) is 2. The van der Waals surface area contributed by atoms with Gasteiger partial charge in [0, 0.05) is 68.7 Å². The number of benzene rings is 5. The molecule has 0 amide bonds. The minimum Gasteiger partial charge on any atom is -0.508 e. The van der Waals surface area contributed by atoms with E-state index < -0.39 is 0 Å². The predicted molar refractivity (Wildman–Crippen MR) is 229 cm³/mol. The van der Waals surface area contributed by atoms with Crippen LogP contribution < -0.4 is 5.32 Å². The van der Waals surface area contributed by atoms with Gasteiger partial charge in [-0.15, -0.1) is 0 Å². The Morgan fingerprint density at radius 1 is 0.786 bits per heavy atom. The normalized spacial score (nSPS) is 17.4. The zero-order valence-electron chi connectivity index (χ0n) is 31.6. The van der Waals surface area contributed by atoms with Crippen LogP contribution in [-0.4, -0.2) is 31.0 Å². The molecular weight excluding hydrogens is 691 g/mol. The summed E-state index contributed by atoms with van der Waals surface area (Å²) < 4.78 is 4.30. The van der Waals surface area contributed by atoms with Gasteiger partial charge in [-0.1, -0.05) is 97.6 Å². The number of nitrogens with one attached hydrogen (secondary N) is 1. The summed E-state index contributed by atoms with van der Waals surface area (Å²) in [6.45, 7) is 8.86. The van der Waals surface area contributed by atoms with Crippen molar-refractivity contribution in [2.24, 2.45) is 5.92 Å². The number of aliphatic hydroxyl groups is 1. The lowest BCUT2D eigenvalue weighted by Gasteiger charge is -2.23. The summed E-state index contributed by atoms with van der Waals surface area (Å²) >= 11 is 0. The second-order valence-electron chi connectivity index (χ2n) is 15.4. The molecule has 5 aromatic carbocycles. The summed E-state index contributed by atoms with van der Waals surface area (Å²) in [4.78, 5) is 0. The Balaban J connectivity index is 1.14. The minimum absolute atomic E-state index is 0.0962. The third-order valence-corrected chi connectivity index (χ3v) is 12.1. The highest BCUT2D eigenvalue weighted by Gasteiger charge is 2.30. The fourth-order valence-corrected chi connectivity index (χ4v) is 9.39. The molecule has 0 radical (unpaired) electrons. The van der Waals surface area contributed by atoms with E-state index in [9.17, 15) is 15.3 Å². The van der Waals surface area contributed by atoms with Crippen molar-refractivity contribution >= 4 is 33.1 Å². The van der Waals surface area contributed by atoms with Crippen LogP contribution in [0.5, 0.6) is 11.5 Å². The van der Waals surface area contributed by atoms with E-state index in [1.165, 1.54) is 22.4 Å². The number of phenols is 2. The maximum Gasteiger partial charge on any atom is 0.183 e. The summed E-state index contributed by atoms with van der Waals surface area (Å²) in [5.41, 5.74) is 14.1. The molecule has 6 nitrogen and oxygen atoms in total. The molecule has 1 saturated heterocycles. The maximum absolute atomic E-state index is 12.1. The summed E-state index contributed by atoms with van der Waals surface area (Å²) in [5.74, 6) is -0.264. The molecule has 2 aromatic heterocycles. The van der Waals surface area contributed by atoms with E-state index in [1.807, 2.05) is 42.7 Å². The quantitative estimate of drug-likeness (QED) is 0.0745. The Labute approximate surface area is 326 Å². The van der Waals surface area contributed by atoms with Gasteiger partial charge >= 0.3 is 0 Å². The van der Waals surface area contributed by atoms with Gasteiger partial charge in [-0.25, -0.2) is 0 Å². The molecule has 276 valence electrons. The predicted octanol–water partition coefficient (Wildman–Crippen LogP) is 11.6. The number of aromatic hydroxyl groups is 2. The molecule has 0 saturated carbocycles. The van der Waals surface area contributed by atoms with Gasteiger partial charge in [0.1, 0.15) is 11.3 Å². The summed E-state index contributed by atoms with van der Waals surface area (Å²) in [5, 5.41) is 40.4. The van der Waals surface area contributed by atoms with Crippen molar-refractivity contribution < 1.29 is 15.3 Å². The minimum atomic E-state index is -0.242. The molecule has 2 unspecified atom stereocenters. The van der Waals surface area contributed by atoms with E-state index >= 15 is 0 Å². The molecule has 4 N–H and O–H groups in total. The Kier molecular flexibility index (Phi) is 7.94. The smallest absolute Gasteiger partial charge is 0.183 e. The molecule has 3 heterocycles. The number of allylic oxidation sites excluding steroid dienone is 6. The van der Waals surface area contributed by atoms with Gasteiger partial charge in [-0.2, -0.15) is 0 Å². The van der Waals surface area contributed by atoms with Crippen molar-refractivity contribution in [3.05, 3.63) is 168 Å². The monoisotopic (exact) mass is 733 g/mol. The highest BCUT2D eigenvalue weighted by atomic mass is 16.3. The number of aliphatic hydroxyl groups excluding tert-OH is 1. The summed E-state index contributed by atoms with van der Waals surface area (Å²) in [6.07, 6.45) is 14.0. The topological polar surface area (TPSA) is 92.5 Å². The van der Waals surface area contributed by atoms with Gasteiger partial charge in [0.25, 0.3) is 0 Å². The van der Waals surface area contributed by atoms with Gasteiger partial charge in [0.2, 0.25) is 0 Å². The van der Waals surface area contributed by atoms with E-state index in [-0.39, 0.29) is 23.2 Å². The molecule has 1 aliphatic heterocycles. The van der Waals surface area contributed by atoms with Crippen molar-refractivity contribution in [2.75, 3.05) is 6.54 Å². The molecule has 3 aliphatic rings. The molecule has 0 spiro atoms. The SMILES string of the molecule is C=C(O)c1c(C)n(-c2ccc(-c3ccc(C4CN4)cc3)cc2)c2c(O)c(O)c(-c3ccc4c(c3)c3c(n4-c4ccccc4)CCC=C3C3C=CC=CC3)c(C)c12. The van der Waals surface area contributed by atoms with E-state index in [2.05, 4.69) is 120 Å². The van der Waals surface area contributed by atoms with Crippen LogP contribution in [0.4, 0.5) is 0 Å². The van der Waals surface area contributed by atoms with E-state index in [0.717, 1.165) is 70.3 Å². The number of hydrogen-bond acceptors (Lipinski definition) is 4. The second kappa shape index (κ2) is 13.1. The Hall–Kier alpha value is -6.50. The first-order valence-electron chi connectivity index (χ1n) is 19.5. The lowest BCUT2D eigenvalue weighted by molar-refractivity contribution is 0.408. The zero-order valence-corrected chi connectivity index (χ0v) is 31.6. The molecular formula is C50H43N3O3. The average molecular weight is 734 g/mol. The van der Waals surface area contributed by atoms with Crippen LogP contribution in [0.1, 0.15) is 52.5 Å². The van der Waals surface area contributed by atoms with Crippen molar-refractivity contribution in [2.45, 2.75) is 39.2 Å². The Morgan fingerprint density at radius 2 is 1.48 bits per heavy atom. The van der Waals surface area contributed by atoms with Crippen LogP contribution in [0.15, 0.2) is 134 Å². The number of hydrogen-bond donors (Lipinski definition) is 4. The van der Waals surface area contributed by atoms with Gasteiger partial charge < -0.3 is 29.8 Å². The van der Waals surface area contributed by atoms with Gasteiger partial charge in [0.15, 0.2) is 11.5 Å². The summed E-state index contributed by atoms with van der Waals surface area (Å²) in [6, 6.07) is 34.1. The highest BCUT2D eigenvalue weighted by molar-refractivity contribution is 6.07. The highest BCUT2D eigenvalue weighted by Crippen LogP contribution is 2.51. The van der Waals surface area contributed by atoms with Crippen LogP contribution in [0, 0.1) is 19.8 Å². The lowest BCUT2D eigenvalue weighted by atomic mass is 9.82. The lowest BCUT2D eigenvalue weighted by Crippen LogP contribution is -2.10. The Morgan fingerprint density at radius 3 is 2.16 bits per heavy atom. The van der Waals surface area contributed by atoms with Crippen molar-refractivity contribution in [3.63, 3.8) is 0 Å². The van der Waals surface area contributed by atoms with E-state index in [4.69, 9.17) is 0 Å². The van der Waals surface area contributed by atoms with Crippen LogP contribution >= 0.6 is 0 Å². The largest absolute Gasteiger partial charge is 0.508 e. The van der Waals surface area contributed by atoms with E-state index in [0.29, 0.717) is 33.8 Å². The fraction of sp³-hybridized carbons (Fsp3) is 0.160. The molecule has 1 fully saturated rings. The van der Waals surface area contributed by atoms with Crippen molar-refractivity contribution in [3.8, 4) is 45.1 Å². The zero-order chi connectivity index (χ0) is 38.2. The first-order valence-corrected chi connectivity index (χ1v) is 19.5. The number of aromatic nitrogens is 2. The molecule has 10 rings (SSSR count). The Bertz CT molecular complexity index is 2830. The van der Waals surface area contributed by atoms with Crippen LogP contribution in [0.3, 0.4) is 0 Å². The van der Waals surface area contributed by atoms with Gasteiger partial charge in [-0.3, -0.25) is 0 Å². The molecule has 2 atom stereocenters. The second-order valence-corrected chi connectivity index (χ2v) is 15.4. The number of rotatable bonds is 7. The fourth-order valence-electron chi connectivity index (χ4n) is 9.39. The van der Waals surface area contributed by atoms with Crippen molar-refractivity contribution in [1.29, 1.82) is 0 Å². The van der Waals surface area contributed by atoms with Crippen molar-refractivity contribution in [1.82, 2.24) is 14.5 Å². The molecule has 6 heteroatoms. The number of phenolic OH excluding ortho intramolecular Hbond substituents is 2. The standard InChI is InChI=1S/C50H43N3O3/c1-29-44(36-23-26-42-40(27-36)47-39(34-11-6-4-7-12-34)15-10-16-43(47)53(42)37-13-8-5-9-14-37)49(55)50(56)48-45(29)46(31(3)54)30(2)52(48)38-24-21-33(22-25-38)32-17-19-35(20-18-32)41-28-51-41/h4-9,11,13-15,17-27,34,41,51,54-56H,3,10,12,16,28H2,1-2H3. The van der Waals surface area contributed by atoms with E-state index in [1.54, 1.807) is 0 Å². The average Bonchev–Trinajstić information content (AvgIpc) is 3.96. The number of para-hydroxylation sites is 1. The third-order valence-electron chi connectivity index (χ3n) is 12.1. The van der Waals surface area contributed by atoms with Gasteiger partial charge in [0.05, 0.1) is 5.52 Å². The third kappa shape index (κ3) is 5.28. The molecule has 0 bridgehead atoms. The first-order chi connectivity index (χ1) is 27.3. The summed E-state index contributed by atoms with van der Waals surface area (Å²) in [7, 11) is 0. The van der Waals surface area contributed by atoms with Crippen LogP contribution in [-0.2, 0) is 6.42 Å². The first kappa shape index (κ1) is 34.0. The van der Waals surface area contributed by atoms with Crippen LogP contribution in [0.25, 0.3) is 66.8 Å². The number of aryl methyl sites for hydroxylation is 1. The number of fused-ring (bicyclic) bond motifs is 4. The maximum atomic E-state index is 12.1. The molecule has 2 aliphatic carbocycles. The van der Waals surface area contributed by atoms with Crippen LogP contribution in [0.2, 0.25) is 0 Å².